The molecule has 0 aromatic rings. The van der Waals surface area contributed by atoms with Crippen molar-refractivity contribution in [3.05, 3.63) is 0 Å². The third kappa shape index (κ3) is 3.58. The van der Waals surface area contributed by atoms with Crippen LogP contribution in [0.25, 0.3) is 0 Å². The molecular weight excluding hydrogens is 272 g/mol. The number of nitrogens with zero attached hydrogens (tertiary/aromatic N) is 3. The Labute approximate surface area is 137 Å². The van der Waals surface area contributed by atoms with Crippen molar-refractivity contribution in [2.45, 2.75) is 59.4 Å². The van der Waals surface area contributed by atoms with Crippen molar-refractivity contribution in [2.24, 2.45) is 16.3 Å². The van der Waals surface area contributed by atoms with E-state index in [0.717, 1.165) is 31.5 Å². The summed E-state index contributed by atoms with van der Waals surface area (Å²) in [5.41, 5.74) is 0.540. The Hall–Kier alpha value is -0.770. The summed E-state index contributed by atoms with van der Waals surface area (Å²) in [6.07, 6.45) is 3.91. The average molecular weight is 309 g/mol. The minimum Gasteiger partial charge on any atom is -0.356 e. The first kappa shape index (κ1) is 17.6. The molecule has 128 valence electrons. The van der Waals surface area contributed by atoms with E-state index in [0.29, 0.717) is 5.41 Å². The zero-order valence-corrected chi connectivity index (χ0v) is 15.6. The summed E-state index contributed by atoms with van der Waals surface area (Å²) >= 11 is 0. The lowest BCUT2D eigenvalue weighted by Crippen LogP contribution is -2.72. The molecule has 0 amide bonds. The second kappa shape index (κ2) is 6.77. The van der Waals surface area contributed by atoms with Gasteiger partial charge in [0.2, 0.25) is 0 Å². The quantitative estimate of drug-likeness (QED) is 0.640. The molecule has 0 saturated carbocycles. The van der Waals surface area contributed by atoms with Gasteiger partial charge in [0, 0.05) is 30.6 Å². The van der Waals surface area contributed by atoms with Crippen molar-refractivity contribution >= 4 is 5.96 Å². The summed E-state index contributed by atoms with van der Waals surface area (Å²) in [5, 5.41) is 3.49. The number of hydrogen-bond acceptors (Lipinski definition) is 2. The van der Waals surface area contributed by atoms with E-state index in [-0.39, 0.29) is 5.54 Å². The molecule has 2 aliphatic rings. The lowest BCUT2D eigenvalue weighted by atomic mass is 9.65. The predicted molar refractivity (Wildman–Crippen MR) is 95.4 cm³/mol. The van der Waals surface area contributed by atoms with E-state index in [1.165, 1.54) is 32.4 Å². The third-order valence-electron chi connectivity index (χ3n) is 6.11. The summed E-state index contributed by atoms with van der Waals surface area (Å²) in [6, 6.07) is 0. The second-order valence-electron chi connectivity index (χ2n) is 8.30. The standard InChI is InChI=1S/C18H36N4/c1-7-19-16(22-14-17(2,3)18(22,4)5)20-11-8-15-9-12-21(6)13-10-15/h15H,7-14H2,1-6H3,(H,19,20). The highest BCUT2D eigenvalue weighted by atomic mass is 15.4. The number of piperidine rings is 1. The van der Waals surface area contributed by atoms with Gasteiger partial charge in [-0.05, 0) is 66.1 Å². The first-order valence-corrected chi connectivity index (χ1v) is 9.02. The van der Waals surface area contributed by atoms with E-state index in [9.17, 15) is 0 Å². The molecule has 2 saturated heterocycles. The van der Waals surface area contributed by atoms with E-state index in [2.05, 4.69) is 56.8 Å². The van der Waals surface area contributed by atoms with Crippen LogP contribution < -0.4 is 5.32 Å². The lowest BCUT2D eigenvalue weighted by molar-refractivity contribution is -0.0667. The fourth-order valence-electron chi connectivity index (χ4n) is 3.50. The van der Waals surface area contributed by atoms with Crippen LogP contribution in [0.1, 0.15) is 53.9 Å². The monoisotopic (exact) mass is 308 g/mol. The van der Waals surface area contributed by atoms with Crippen LogP contribution in [0.4, 0.5) is 0 Å². The highest BCUT2D eigenvalue weighted by Gasteiger charge is 2.53. The molecule has 0 radical (unpaired) electrons. The predicted octanol–water partition coefficient (Wildman–Crippen LogP) is 2.80. The Morgan fingerprint density at radius 2 is 1.82 bits per heavy atom. The molecule has 2 heterocycles. The zero-order valence-electron chi connectivity index (χ0n) is 15.6. The molecule has 0 spiro atoms. The Bertz CT molecular complexity index is 392. The fraction of sp³-hybridized carbons (Fsp3) is 0.944. The maximum Gasteiger partial charge on any atom is 0.194 e. The largest absolute Gasteiger partial charge is 0.356 e. The number of likely N-dealkylation sites (tertiary alicyclic amines) is 2. The molecule has 0 bridgehead atoms. The van der Waals surface area contributed by atoms with Crippen LogP contribution in [0.3, 0.4) is 0 Å². The van der Waals surface area contributed by atoms with Crippen LogP contribution in [-0.2, 0) is 0 Å². The summed E-state index contributed by atoms with van der Waals surface area (Å²) in [6.45, 7) is 17.0. The second-order valence-corrected chi connectivity index (χ2v) is 8.30. The van der Waals surface area contributed by atoms with E-state index >= 15 is 0 Å². The first-order valence-electron chi connectivity index (χ1n) is 9.02. The van der Waals surface area contributed by atoms with Gasteiger partial charge in [0.05, 0.1) is 0 Å². The Morgan fingerprint density at radius 3 is 2.32 bits per heavy atom. The number of guanidine groups is 1. The van der Waals surface area contributed by atoms with Crippen molar-refractivity contribution in [1.29, 1.82) is 0 Å². The minimum atomic E-state index is 0.182. The molecule has 0 unspecified atom stereocenters. The van der Waals surface area contributed by atoms with Gasteiger partial charge in [0.15, 0.2) is 5.96 Å². The van der Waals surface area contributed by atoms with E-state index in [1.807, 2.05) is 0 Å². The molecule has 0 aliphatic carbocycles. The zero-order chi connectivity index (χ0) is 16.4. The summed E-state index contributed by atoms with van der Waals surface area (Å²) in [5.74, 6) is 1.98. The van der Waals surface area contributed by atoms with Gasteiger partial charge < -0.3 is 15.1 Å². The normalized spacial score (nSPS) is 25.9. The average Bonchev–Trinajstić information content (AvgIpc) is 2.46. The van der Waals surface area contributed by atoms with Gasteiger partial charge in [-0.2, -0.15) is 0 Å². The SMILES string of the molecule is CCNC(=NCCC1CCN(C)CC1)N1CC(C)(C)C1(C)C. The van der Waals surface area contributed by atoms with E-state index < -0.39 is 0 Å². The minimum absolute atomic E-state index is 0.182. The van der Waals surface area contributed by atoms with Crippen molar-refractivity contribution < 1.29 is 0 Å². The van der Waals surface area contributed by atoms with Gasteiger partial charge in [-0.3, -0.25) is 4.99 Å². The van der Waals surface area contributed by atoms with Crippen LogP contribution in [-0.4, -0.2) is 61.1 Å². The molecule has 0 aromatic heterocycles. The van der Waals surface area contributed by atoms with E-state index in [4.69, 9.17) is 4.99 Å². The smallest absolute Gasteiger partial charge is 0.194 e. The first-order chi connectivity index (χ1) is 10.3. The van der Waals surface area contributed by atoms with Gasteiger partial charge in [-0.1, -0.05) is 13.8 Å². The van der Waals surface area contributed by atoms with Crippen molar-refractivity contribution in [1.82, 2.24) is 15.1 Å². The molecule has 4 nitrogen and oxygen atoms in total. The maximum atomic E-state index is 4.93. The Balaban J connectivity index is 1.88. The molecule has 2 aliphatic heterocycles. The van der Waals surface area contributed by atoms with Crippen LogP contribution >= 0.6 is 0 Å². The van der Waals surface area contributed by atoms with Crippen LogP contribution in [0.5, 0.6) is 0 Å². The molecule has 2 fully saturated rings. The maximum absolute atomic E-state index is 4.93. The summed E-state index contributed by atoms with van der Waals surface area (Å²) < 4.78 is 0. The van der Waals surface area contributed by atoms with Gasteiger partial charge in [0.1, 0.15) is 0 Å². The summed E-state index contributed by atoms with van der Waals surface area (Å²) in [4.78, 5) is 9.82. The molecule has 4 heteroatoms. The van der Waals surface area contributed by atoms with Gasteiger partial charge in [-0.15, -0.1) is 0 Å². The highest BCUT2D eigenvalue weighted by molar-refractivity contribution is 5.82. The van der Waals surface area contributed by atoms with Gasteiger partial charge in [-0.25, -0.2) is 0 Å². The fourth-order valence-corrected chi connectivity index (χ4v) is 3.50. The number of aliphatic imine (C=N–C) groups is 1. The Morgan fingerprint density at radius 1 is 1.18 bits per heavy atom. The Kier molecular flexibility index (Phi) is 5.41. The molecule has 22 heavy (non-hydrogen) atoms. The van der Waals surface area contributed by atoms with Crippen LogP contribution in [0.2, 0.25) is 0 Å². The molecule has 1 N–H and O–H groups in total. The lowest BCUT2D eigenvalue weighted by Gasteiger charge is -2.62. The molecule has 0 aromatic carbocycles. The van der Waals surface area contributed by atoms with Crippen molar-refractivity contribution in [2.75, 3.05) is 39.8 Å². The van der Waals surface area contributed by atoms with Crippen LogP contribution in [0.15, 0.2) is 4.99 Å². The van der Waals surface area contributed by atoms with Gasteiger partial charge in [0.25, 0.3) is 0 Å². The van der Waals surface area contributed by atoms with Crippen molar-refractivity contribution in [3.8, 4) is 0 Å². The number of rotatable bonds is 4. The number of nitrogens with one attached hydrogen (secondary N) is 1. The molecule has 2 rings (SSSR count). The summed E-state index contributed by atoms with van der Waals surface area (Å²) in [7, 11) is 2.23. The van der Waals surface area contributed by atoms with Crippen molar-refractivity contribution in [3.63, 3.8) is 0 Å². The van der Waals surface area contributed by atoms with Gasteiger partial charge >= 0.3 is 0 Å². The number of hydrogen-bond donors (Lipinski definition) is 1. The van der Waals surface area contributed by atoms with Crippen LogP contribution in [0, 0.1) is 11.3 Å². The molecule has 0 atom stereocenters. The highest BCUT2D eigenvalue weighted by Crippen LogP contribution is 2.46. The third-order valence-corrected chi connectivity index (χ3v) is 6.11. The van der Waals surface area contributed by atoms with E-state index in [1.54, 1.807) is 0 Å². The molecular formula is C18H36N4. The topological polar surface area (TPSA) is 30.9 Å².